The second-order valence-corrected chi connectivity index (χ2v) is 0.962. The van der Waals surface area contributed by atoms with E-state index in [4.69, 9.17) is 0 Å². The fraction of sp³-hybridized carbons (Fsp3) is 0. The molecule has 1 aromatic rings. The van der Waals surface area contributed by atoms with Crippen LogP contribution < -0.4 is 0 Å². The van der Waals surface area contributed by atoms with Crippen molar-refractivity contribution in [1.82, 2.24) is 0 Å². The summed E-state index contributed by atoms with van der Waals surface area (Å²) >= 11 is 0. The molecule has 1 radical (unpaired) electrons. The van der Waals surface area contributed by atoms with Gasteiger partial charge in [0, 0.05) is 16.5 Å². The van der Waals surface area contributed by atoms with Crippen LogP contribution in [0.2, 0.25) is 0 Å². The SMILES string of the molecule is [Ni].[Ru+].c1cc[cH-]c1. The summed E-state index contributed by atoms with van der Waals surface area (Å²) in [5, 5.41) is 0. The van der Waals surface area contributed by atoms with Crippen molar-refractivity contribution in [3.8, 4) is 0 Å². The Morgan fingerprint density at radius 1 is 1.00 bits per heavy atom. The summed E-state index contributed by atoms with van der Waals surface area (Å²) in [7, 11) is 0. The summed E-state index contributed by atoms with van der Waals surface area (Å²) in [4.78, 5) is 0. The molecule has 1 rings (SSSR count). The molecule has 1 aromatic carbocycles. The molecule has 0 saturated heterocycles. The largest absolute Gasteiger partial charge is 1.00 e. The molecule has 7 heavy (non-hydrogen) atoms. The molecular formula is C5H5NiRu. The van der Waals surface area contributed by atoms with Crippen molar-refractivity contribution in [1.29, 1.82) is 0 Å². The average Bonchev–Trinajstić information content (AvgIpc) is 1.76. The van der Waals surface area contributed by atoms with Crippen LogP contribution in [0.1, 0.15) is 0 Å². The van der Waals surface area contributed by atoms with Gasteiger partial charge in [-0.15, -0.1) is 0 Å². The molecule has 0 atom stereocenters. The molecule has 2 heteroatoms. The Bertz CT molecular complexity index is 64.6. The molecule has 0 heterocycles. The van der Waals surface area contributed by atoms with Crippen molar-refractivity contribution in [2.45, 2.75) is 0 Å². The topological polar surface area (TPSA) is 0 Å². The Kier molecular flexibility index (Phi) is 9.65. The van der Waals surface area contributed by atoms with Crippen LogP contribution in [0.4, 0.5) is 0 Å². The number of hydrogen-bond donors (Lipinski definition) is 0. The van der Waals surface area contributed by atoms with Gasteiger partial charge in [0.25, 0.3) is 0 Å². The summed E-state index contributed by atoms with van der Waals surface area (Å²) in [5.74, 6) is 0. The van der Waals surface area contributed by atoms with Crippen molar-refractivity contribution in [2.24, 2.45) is 0 Å². The predicted octanol–water partition coefficient (Wildman–Crippen LogP) is 1.40. The second kappa shape index (κ2) is 6.47. The Hall–Kier alpha value is 0.467. The van der Waals surface area contributed by atoms with E-state index in [1.54, 1.807) is 0 Å². The molecule has 0 saturated carbocycles. The van der Waals surface area contributed by atoms with Gasteiger partial charge in [-0.3, -0.25) is 0 Å². The predicted molar refractivity (Wildman–Crippen MR) is 22.0 cm³/mol. The van der Waals surface area contributed by atoms with Crippen LogP contribution in [0.25, 0.3) is 0 Å². The smallest absolute Gasteiger partial charge is 0.214 e. The van der Waals surface area contributed by atoms with Gasteiger partial charge in [0.2, 0.25) is 0 Å². The van der Waals surface area contributed by atoms with Crippen molar-refractivity contribution < 1.29 is 36.0 Å². The summed E-state index contributed by atoms with van der Waals surface area (Å²) in [5.41, 5.74) is 0. The van der Waals surface area contributed by atoms with E-state index in [-0.39, 0.29) is 36.0 Å². The van der Waals surface area contributed by atoms with Crippen LogP contribution in [0.15, 0.2) is 30.3 Å². The number of hydrogen-bond acceptors (Lipinski definition) is 0. The summed E-state index contributed by atoms with van der Waals surface area (Å²) in [6.45, 7) is 0. The van der Waals surface area contributed by atoms with Crippen LogP contribution >= 0.6 is 0 Å². The third kappa shape index (κ3) is 4.32. The van der Waals surface area contributed by atoms with Gasteiger partial charge in [-0.05, 0) is 0 Å². The maximum absolute atomic E-state index is 2.00. The first-order valence-electron chi connectivity index (χ1n) is 1.67. The first-order valence-corrected chi connectivity index (χ1v) is 1.67. The summed E-state index contributed by atoms with van der Waals surface area (Å²) in [6.07, 6.45) is 0. The quantitative estimate of drug-likeness (QED) is 0.462. The minimum atomic E-state index is 0. The molecule has 0 aliphatic heterocycles. The zero-order chi connectivity index (χ0) is 3.54. The first-order chi connectivity index (χ1) is 2.50. The molecular weight excluding hydrogens is 220 g/mol. The Balaban J connectivity index is 0. The van der Waals surface area contributed by atoms with E-state index >= 15 is 0 Å². The van der Waals surface area contributed by atoms with E-state index in [1.807, 2.05) is 30.3 Å². The van der Waals surface area contributed by atoms with E-state index in [9.17, 15) is 0 Å². The van der Waals surface area contributed by atoms with Crippen LogP contribution in [-0.2, 0) is 36.0 Å². The monoisotopic (exact) mass is 225 g/mol. The van der Waals surface area contributed by atoms with E-state index in [2.05, 4.69) is 0 Å². The van der Waals surface area contributed by atoms with Gasteiger partial charge >= 0.3 is 19.5 Å². The summed E-state index contributed by atoms with van der Waals surface area (Å²) in [6, 6.07) is 10.0. The molecule has 0 unspecified atom stereocenters. The van der Waals surface area contributed by atoms with E-state index < -0.39 is 0 Å². The molecule has 0 amide bonds. The fourth-order valence-electron chi connectivity index (χ4n) is 0.321. The van der Waals surface area contributed by atoms with Crippen molar-refractivity contribution in [2.75, 3.05) is 0 Å². The molecule has 0 aliphatic rings. The van der Waals surface area contributed by atoms with Crippen LogP contribution in [0, 0.1) is 0 Å². The zero-order valence-corrected chi connectivity index (χ0v) is 6.28. The molecule has 0 aliphatic carbocycles. The minimum absolute atomic E-state index is 0. The van der Waals surface area contributed by atoms with Gasteiger partial charge in [0.15, 0.2) is 0 Å². The molecule has 0 nitrogen and oxygen atoms in total. The molecule has 0 bridgehead atoms. The van der Waals surface area contributed by atoms with Gasteiger partial charge in [0.05, 0.1) is 0 Å². The fourth-order valence-corrected chi connectivity index (χ4v) is 0.321. The van der Waals surface area contributed by atoms with Crippen LogP contribution in [0.5, 0.6) is 0 Å². The second-order valence-electron chi connectivity index (χ2n) is 0.962. The molecule has 0 fully saturated rings. The average molecular weight is 225 g/mol. The van der Waals surface area contributed by atoms with Crippen molar-refractivity contribution in [3.05, 3.63) is 30.3 Å². The molecule has 0 N–H and O–H groups in total. The van der Waals surface area contributed by atoms with Crippen molar-refractivity contribution in [3.63, 3.8) is 0 Å². The van der Waals surface area contributed by atoms with Crippen LogP contribution in [-0.4, -0.2) is 0 Å². The van der Waals surface area contributed by atoms with Gasteiger partial charge in [0.1, 0.15) is 0 Å². The van der Waals surface area contributed by atoms with Crippen molar-refractivity contribution >= 4 is 0 Å². The van der Waals surface area contributed by atoms with Gasteiger partial charge in [-0.1, -0.05) is 0 Å². The molecule has 0 spiro atoms. The minimum Gasteiger partial charge on any atom is -0.214 e. The van der Waals surface area contributed by atoms with Gasteiger partial charge < -0.3 is 0 Å². The Labute approximate surface area is 66.4 Å². The first kappa shape index (κ1) is 10.4. The number of rotatable bonds is 0. The normalized spacial score (nSPS) is 5.71. The molecule has 43 valence electrons. The van der Waals surface area contributed by atoms with Gasteiger partial charge in [-0.2, -0.15) is 18.2 Å². The van der Waals surface area contributed by atoms with Crippen LogP contribution in [0.3, 0.4) is 0 Å². The Morgan fingerprint density at radius 3 is 1.57 bits per heavy atom. The maximum Gasteiger partial charge on any atom is 1.00 e. The molecule has 0 aromatic heterocycles. The Morgan fingerprint density at radius 2 is 1.43 bits per heavy atom. The standard InChI is InChI=1S/C5H5.Ni.Ru/c1-2-4-5-3-1;;/h1-5H;;/q-1;;+1. The van der Waals surface area contributed by atoms with E-state index in [1.165, 1.54) is 0 Å². The summed E-state index contributed by atoms with van der Waals surface area (Å²) < 4.78 is 0. The zero-order valence-electron chi connectivity index (χ0n) is 3.56. The third-order valence-corrected chi connectivity index (χ3v) is 0.556. The van der Waals surface area contributed by atoms with E-state index in [0.29, 0.717) is 0 Å². The maximum atomic E-state index is 2.00. The van der Waals surface area contributed by atoms with Gasteiger partial charge in [-0.25, -0.2) is 12.1 Å². The van der Waals surface area contributed by atoms with E-state index in [0.717, 1.165) is 0 Å². The third-order valence-electron chi connectivity index (χ3n) is 0.556.